The average molecular weight is 428 g/mol. The van der Waals surface area contributed by atoms with Crippen molar-refractivity contribution in [1.29, 1.82) is 0 Å². The Morgan fingerprint density at radius 1 is 0.742 bits per heavy atom. The summed E-state index contributed by atoms with van der Waals surface area (Å²) in [6.07, 6.45) is 0. The van der Waals surface area contributed by atoms with Gasteiger partial charge in [-0.2, -0.15) is 0 Å². The highest BCUT2D eigenvalue weighted by Crippen LogP contribution is 2.51. The second-order valence-electron chi connectivity index (χ2n) is 7.41. The summed E-state index contributed by atoms with van der Waals surface area (Å²) < 4.78 is 29.6. The number of imide groups is 2. The highest BCUT2D eigenvalue weighted by atomic mass is 19.1. The Hall–Kier alpha value is -3.82. The zero-order valence-electron chi connectivity index (χ0n) is 16.6. The van der Waals surface area contributed by atoms with Gasteiger partial charge >= 0.3 is 12.1 Å². The van der Waals surface area contributed by atoms with Crippen LogP contribution in [0.25, 0.3) is 0 Å². The summed E-state index contributed by atoms with van der Waals surface area (Å²) in [6, 6.07) is 5.93. The summed E-state index contributed by atoms with van der Waals surface area (Å²) in [5.74, 6) is -3.53. The minimum absolute atomic E-state index is 0.142. The molecule has 0 radical (unpaired) electrons. The smallest absolute Gasteiger partial charge is 0.329 e. The third kappa shape index (κ3) is 2.78. The van der Waals surface area contributed by atoms with Gasteiger partial charge in [0.15, 0.2) is 5.41 Å². The standard InChI is InChI=1S/C21H18F2N4O4/c1-26-17(28)21(18(29)27(2)20(26)31)15(11-7-3-5-9-13(11)22)24-19(30)25-16(21)12-8-4-6-10-14(12)23/h3-10,15-16H,1-2H3,(H2,24,25,30). The van der Waals surface area contributed by atoms with Crippen molar-refractivity contribution in [3.63, 3.8) is 0 Å². The van der Waals surface area contributed by atoms with Crippen LogP contribution in [0, 0.1) is 17.0 Å². The summed E-state index contributed by atoms with van der Waals surface area (Å²) >= 11 is 0. The van der Waals surface area contributed by atoms with Gasteiger partial charge < -0.3 is 10.6 Å². The number of carbonyl (C=O) groups is 4. The molecule has 2 aromatic carbocycles. The topological polar surface area (TPSA) is 98.8 Å². The Morgan fingerprint density at radius 3 is 1.52 bits per heavy atom. The first-order chi connectivity index (χ1) is 14.7. The van der Waals surface area contributed by atoms with Crippen molar-refractivity contribution in [2.24, 2.45) is 5.41 Å². The molecule has 0 bridgehead atoms. The van der Waals surface area contributed by atoms with Gasteiger partial charge in [-0.25, -0.2) is 18.4 Å². The summed E-state index contributed by atoms with van der Waals surface area (Å²) in [5, 5.41) is 4.90. The first-order valence-electron chi connectivity index (χ1n) is 9.37. The monoisotopic (exact) mass is 428 g/mol. The molecule has 2 atom stereocenters. The van der Waals surface area contributed by atoms with Crippen LogP contribution in [0.3, 0.4) is 0 Å². The van der Waals surface area contributed by atoms with Crippen LogP contribution in [0.5, 0.6) is 0 Å². The molecule has 8 nitrogen and oxygen atoms in total. The minimum Gasteiger partial charge on any atom is -0.329 e. The van der Waals surface area contributed by atoms with E-state index in [0.717, 1.165) is 12.1 Å². The lowest BCUT2D eigenvalue weighted by Gasteiger charge is -2.52. The normalized spacial score (nSPS) is 23.1. The quantitative estimate of drug-likeness (QED) is 0.716. The highest BCUT2D eigenvalue weighted by Gasteiger charge is 2.67. The number of nitrogens with zero attached hydrogens (tertiary/aromatic N) is 2. The molecule has 4 rings (SSSR count). The van der Waals surface area contributed by atoms with Crippen molar-refractivity contribution in [3.05, 3.63) is 71.3 Å². The molecular weight excluding hydrogens is 410 g/mol. The number of urea groups is 2. The number of amides is 6. The van der Waals surface area contributed by atoms with Crippen LogP contribution in [-0.2, 0) is 9.59 Å². The predicted octanol–water partition coefficient (Wildman–Crippen LogP) is 2.10. The largest absolute Gasteiger partial charge is 0.332 e. The Bertz CT molecular complexity index is 1040. The first kappa shape index (κ1) is 20.5. The van der Waals surface area contributed by atoms with E-state index in [1.165, 1.54) is 50.5 Å². The number of hydrogen-bond donors (Lipinski definition) is 2. The minimum atomic E-state index is -2.27. The number of benzene rings is 2. The third-order valence-electron chi connectivity index (χ3n) is 5.78. The van der Waals surface area contributed by atoms with E-state index in [-0.39, 0.29) is 11.1 Å². The van der Waals surface area contributed by atoms with E-state index >= 15 is 0 Å². The number of nitrogens with one attached hydrogen (secondary N) is 2. The maximum atomic E-state index is 14.8. The van der Waals surface area contributed by atoms with Gasteiger partial charge in [0, 0.05) is 25.2 Å². The maximum absolute atomic E-state index is 14.8. The van der Waals surface area contributed by atoms with Gasteiger partial charge in [-0.15, -0.1) is 0 Å². The second kappa shape index (κ2) is 7.15. The van der Waals surface area contributed by atoms with Crippen LogP contribution >= 0.6 is 0 Å². The number of carbonyl (C=O) groups excluding carboxylic acids is 4. The molecule has 1 spiro atoms. The second-order valence-corrected chi connectivity index (χ2v) is 7.41. The zero-order chi connectivity index (χ0) is 22.5. The van der Waals surface area contributed by atoms with Gasteiger partial charge in [0.05, 0.1) is 12.1 Å². The zero-order valence-corrected chi connectivity index (χ0v) is 16.6. The number of barbiturate groups is 1. The fraction of sp³-hybridized carbons (Fsp3) is 0.238. The lowest BCUT2D eigenvalue weighted by Crippen LogP contribution is -2.73. The fourth-order valence-corrected chi connectivity index (χ4v) is 4.30. The Kier molecular flexibility index (Phi) is 4.72. The average Bonchev–Trinajstić information content (AvgIpc) is 2.76. The summed E-state index contributed by atoms with van der Waals surface area (Å²) in [5.41, 5.74) is -2.55. The molecule has 2 aliphatic heterocycles. The van der Waals surface area contributed by atoms with E-state index in [2.05, 4.69) is 10.6 Å². The Balaban J connectivity index is 2.06. The van der Waals surface area contributed by atoms with E-state index in [1.807, 2.05) is 0 Å². The lowest BCUT2D eigenvalue weighted by molar-refractivity contribution is -0.163. The van der Waals surface area contributed by atoms with E-state index in [1.54, 1.807) is 0 Å². The van der Waals surface area contributed by atoms with Gasteiger partial charge in [-0.05, 0) is 12.1 Å². The van der Waals surface area contributed by atoms with Crippen LogP contribution in [-0.4, -0.2) is 47.8 Å². The van der Waals surface area contributed by atoms with E-state index < -0.39 is 53.0 Å². The van der Waals surface area contributed by atoms with Gasteiger partial charge in [-0.3, -0.25) is 19.4 Å². The van der Waals surface area contributed by atoms with Gasteiger partial charge in [-0.1, -0.05) is 36.4 Å². The SMILES string of the molecule is CN1C(=O)N(C)C(=O)C2(C1=O)C(c1ccccc1F)NC(=O)NC2c1ccccc1F. The van der Waals surface area contributed by atoms with Crippen molar-refractivity contribution in [1.82, 2.24) is 20.4 Å². The molecule has 31 heavy (non-hydrogen) atoms. The molecule has 0 aliphatic carbocycles. The van der Waals surface area contributed by atoms with Crippen LogP contribution in [0.15, 0.2) is 48.5 Å². The fourth-order valence-electron chi connectivity index (χ4n) is 4.30. The number of hydrogen-bond acceptors (Lipinski definition) is 4. The summed E-state index contributed by atoms with van der Waals surface area (Å²) in [6.45, 7) is 0. The summed E-state index contributed by atoms with van der Waals surface area (Å²) in [4.78, 5) is 53.5. The molecule has 10 heteroatoms. The maximum Gasteiger partial charge on any atom is 0.332 e. The van der Waals surface area contributed by atoms with Crippen molar-refractivity contribution in [2.75, 3.05) is 14.1 Å². The van der Waals surface area contributed by atoms with Crippen molar-refractivity contribution in [3.8, 4) is 0 Å². The van der Waals surface area contributed by atoms with Crippen molar-refractivity contribution >= 4 is 23.9 Å². The number of rotatable bonds is 2. The number of halogens is 2. The molecule has 2 unspecified atom stereocenters. The first-order valence-corrected chi connectivity index (χ1v) is 9.37. The molecule has 2 aliphatic rings. The molecule has 0 saturated carbocycles. The summed E-state index contributed by atoms with van der Waals surface area (Å²) in [7, 11) is 2.34. The van der Waals surface area contributed by atoms with Gasteiger partial charge in [0.1, 0.15) is 11.6 Å². The van der Waals surface area contributed by atoms with E-state index in [0.29, 0.717) is 9.80 Å². The van der Waals surface area contributed by atoms with Crippen LogP contribution in [0.4, 0.5) is 18.4 Å². The van der Waals surface area contributed by atoms with Crippen LogP contribution in [0.2, 0.25) is 0 Å². The highest BCUT2D eigenvalue weighted by molar-refractivity contribution is 6.20. The third-order valence-corrected chi connectivity index (χ3v) is 5.78. The van der Waals surface area contributed by atoms with Gasteiger partial charge in [0.25, 0.3) is 11.8 Å². The van der Waals surface area contributed by atoms with Crippen molar-refractivity contribution in [2.45, 2.75) is 12.1 Å². The Labute approximate surface area is 175 Å². The molecule has 0 aromatic heterocycles. The molecule has 160 valence electrons. The molecule has 2 heterocycles. The predicted molar refractivity (Wildman–Crippen MR) is 103 cm³/mol. The molecule has 2 N–H and O–H groups in total. The van der Waals surface area contributed by atoms with E-state index in [4.69, 9.17) is 0 Å². The molecule has 6 amide bonds. The van der Waals surface area contributed by atoms with Crippen LogP contribution < -0.4 is 10.6 Å². The molecular formula is C21H18F2N4O4. The molecule has 2 aromatic rings. The van der Waals surface area contributed by atoms with Crippen LogP contribution in [0.1, 0.15) is 23.2 Å². The van der Waals surface area contributed by atoms with E-state index in [9.17, 15) is 28.0 Å². The molecule has 2 fully saturated rings. The Morgan fingerprint density at radius 2 is 1.13 bits per heavy atom. The lowest BCUT2D eigenvalue weighted by atomic mass is 9.65. The molecule has 2 saturated heterocycles. The van der Waals surface area contributed by atoms with Gasteiger partial charge in [0.2, 0.25) is 0 Å². The van der Waals surface area contributed by atoms with Crippen molar-refractivity contribution < 1.29 is 28.0 Å².